The molecule has 0 aliphatic heterocycles. The number of allylic oxidation sites excluding steroid dienone is 2. The van der Waals surface area contributed by atoms with Gasteiger partial charge in [0.25, 0.3) is 0 Å². The Morgan fingerprint density at radius 2 is 1.86 bits per heavy atom. The van der Waals surface area contributed by atoms with E-state index in [4.69, 9.17) is 0 Å². The van der Waals surface area contributed by atoms with Crippen LogP contribution in [0.4, 0.5) is 4.39 Å². The second kappa shape index (κ2) is 3.48. The molecule has 0 spiro atoms. The van der Waals surface area contributed by atoms with E-state index in [0.717, 1.165) is 18.6 Å². The van der Waals surface area contributed by atoms with Gasteiger partial charge in [0.05, 0.1) is 0 Å². The lowest BCUT2D eigenvalue weighted by molar-refractivity contribution is 0.151. The van der Waals surface area contributed by atoms with Crippen molar-refractivity contribution in [3.8, 4) is 0 Å². The Bertz CT molecular complexity index is 273. The van der Waals surface area contributed by atoms with Crippen LogP contribution in [-0.4, -0.2) is 18.4 Å². The Morgan fingerprint density at radius 1 is 1.36 bits per heavy atom. The highest BCUT2D eigenvalue weighted by molar-refractivity contribution is 6.02. The van der Waals surface area contributed by atoms with Gasteiger partial charge in [-0.25, -0.2) is 4.39 Å². The van der Waals surface area contributed by atoms with Gasteiger partial charge in [0, 0.05) is 18.2 Å². The van der Waals surface area contributed by atoms with E-state index in [1.54, 1.807) is 20.9 Å². The van der Waals surface area contributed by atoms with Gasteiger partial charge in [0.15, 0.2) is 0 Å². The van der Waals surface area contributed by atoms with Gasteiger partial charge in [-0.3, -0.25) is 4.99 Å². The van der Waals surface area contributed by atoms with Crippen molar-refractivity contribution in [1.82, 2.24) is 0 Å². The largest absolute Gasteiger partial charge is 0.292 e. The fourth-order valence-electron chi connectivity index (χ4n) is 1.97. The summed E-state index contributed by atoms with van der Waals surface area (Å²) in [5.41, 5.74) is 0.637. The number of hydrogen-bond acceptors (Lipinski definition) is 1. The van der Waals surface area contributed by atoms with E-state index < -0.39 is 5.67 Å². The quantitative estimate of drug-likeness (QED) is 0.613. The third-order valence-corrected chi connectivity index (χ3v) is 3.04. The molecule has 14 heavy (non-hydrogen) atoms. The molecule has 0 aromatic rings. The number of alkyl halides is 1. The summed E-state index contributed by atoms with van der Waals surface area (Å²) >= 11 is 0. The maximum absolute atomic E-state index is 14.0. The van der Waals surface area contributed by atoms with Crippen molar-refractivity contribution in [1.29, 1.82) is 0 Å². The maximum Gasteiger partial charge on any atom is 0.116 e. The molecule has 2 heteroatoms. The summed E-state index contributed by atoms with van der Waals surface area (Å²) in [6.07, 6.45) is 3.86. The van der Waals surface area contributed by atoms with Crippen molar-refractivity contribution in [2.24, 2.45) is 10.4 Å². The average Bonchev–Trinajstić information content (AvgIpc) is 2.78. The van der Waals surface area contributed by atoms with Gasteiger partial charge in [-0.15, -0.1) is 0 Å². The van der Waals surface area contributed by atoms with E-state index >= 15 is 0 Å². The predicted octanol–water partition coefficient (Wildman–Crippen LogP) is 3.55. The normalized spacial score (nSPS) is 20.6. The first-order chi connectivity index (χ1) is 6.33. The van der Waals surface area contributed by atoms with Crippen molar-refractivity contribution < 1.29 is 4.39 Å². The molecule has 80 valence electrons. The zero-order valence-corrected chi connectivity index (χ0v) is 9.82. The van der Waals surface area contributed by atoms with Crippen LogP contribution < -0.4 is 0 Å². The summed E-state index contributed by atoms with van der Waals surface area (Å²) in [7, 11) is 1.75. The Hall–Kier alpha value is -0.660. The highest BCUT2D eigenvalue weighted by Crippen LogP contribution is 2.57. The molecule has 0 unspecified atom stereocenters. The van der Waals surface area contributed by atoms with Gasteiger partial charge in [0.1, 0.15) is 5.67 Å². The van der Waals surface area contributed by atoms with Crippen molar-refractivity contribution in [3.63, 3.8) is 0 Å². The summed E-state index contributed by atoms with van der Waals surface area (Å²) in [6, 6.07) is 0. The molecule has 0 N–H and O–H groups in total. The van der Waals surface area contributed by atoms with Gasteiger partial charge in [-0.1, -0.05) is 5.57 Å². The zero-order valence-electron chi connectivity index (χ0n) is 9.82. The van der Waals surface area contributed by atoms with Crippen LogP contribution in [0, 0.1) is 5.41 Å². The molecule has 1 aliphatic rings. The van der Waals surface area contributed by atoms with Gasteiger partial charge in [-0.05, 0) is 46.6 Å². The number of aliphatic imine (C=N–C) groups is 1. The molecule has 0 aromatic carbocycles. The number of rotatable bonds is 3. The third kappa shape index (κ3) is 1.89. The van der Waals surface area contributed by atoms with Crippen LogP contribution in [0.25, 0.3) is 0 Å². The highest BCUT2D eigenvalue weighted by atomic mass is 19.1. The van der Waals surface area contributed by atoms with E-state index in [1.807, 2.05) is 19.9 Å². The molecule has 0 aromatic heterocycles. The molecular formula is C12H20FN. The molecule has 1 saturated carbocycles. The fraction of sp³-hybridized carbons (Fsp3) is 0.750. The van der Waals surface area contributed by atoms with Crippen molar-refractivity contribution >= 4 is 5.71 Å². The summed E-state index contributed by atoms with van der Waals surface area (Å²) in [4.78, 5) is 4.23. The minimum absolute atomic E-state index is 0.307. The van der Waals surface area contributed by atoms with Crippen LogP contribution in [0.2, 0.25) is 0 Å². The first-order valence-corrected chi connectivity index (χ1v) is 5.14. The molecule has 1 aliphatic carbocycles. The molecule has 0 amide bonds. The van der Waals surface area contributed by atoms with Crippen LogP contribution in [0.5, 0.6) is 0 Å². The number of halogens is 1. The average molecular weight is 197 g/mol. The van der Waals surface area contributed by atoms with Crippen LogP contribution >= 0.6 is 0 Å². The second-order valence-electron chi connectivity index (χ2n) is 4.89. The van der Waals surface area contributed by atoms with Gasteiger partial charge < -0.3 is 0 Å². The Kier molecular flexibility index (Phi) is 2.84. The molecule has 0 bridgehead atoms. The molecule has 0 atom stereocenters. The van der Waals surface area contributed by atoms with E-state index in [0.29, 0.717) is 0 Å². The van der Waals surface area contributed by atoms with E-state index in [-0.39, 0.29) is 5.41 Å². The van der Waals surface area contributed by atoms with Crippen molar-refractivity contribution in [3.05, 3.63) is 11.6 Å². The van der Waals surface area contributed by atoms with Gasteiger partial charge >= 0.3 is 0 Å². The Morgan fingerprint density at radius 3 is 2.07 bits per heavy atom. The number of hydrogen-bond donors (Lipinski definition) is 0. The predicted molar refractivity (Wildman–Crippen MR) is 59.6 cm³/mol. The summed E-state index contributed by atoms with van der Waals surface area (Å²) in [5, 5.41) is 0. The highest BCUT2D eigenvalue weighted by Gasteiger charge is 2.57. The molecule has 0 radical (unpaired) electrons. The molecular weight excluding hydrogens is 177 g/mol. The minimum atomic E-state index is -1.16. The van der Waals surface area contributed by atoms with Crippen molar-refractivity contribution in [2.75, 3.05) is 7.05 Å². The monoisotopic (exact) mass is 197 g/mol. The lowest BCUT2D eigenvalue weighted by Crippen LogP contribution is -2.34. The lowest BCUT2D eigenvalue weighted by atomic mass is 9.84. The van der Waals surface area contributed by atoms with Crippen molar-refractivity contribution in [2.45, 2.75) is 46.2 Å². The van der Waals surface area contributed by atoms with Crippen LogP contribution in [0.3, 0.4) is 0 Å². The molecule has 1 rings (SSSR count). The summed E-state index contributed by atoms with van der Waals surface area (Å²) < 4.78 is 14.0. The zero-order chi connectivity index (χ0) is 11.0. The van der Waals surface area contributed by atoms with Gasteiger partial charge in [-0.2, -0.15) is 0 Å². The van der Waals surface area contributed by atoms with Crippen LogP contribution in [0.15, 0.2) is 16.6 Å². The minimum Gasteiger partial charge on any atom is -0.292 e. The van der Waals surface area contributed by atoms with Crippen LogP contribution in [0.1, 0.15) is 40.5 Å². The SMILES string of the molecule is C/N=C(\C=C(C)C)C1(C(C)(C)F)CC1. The van der Waals surface area contributed by atoms with E-state index in [2.05, 4.69) is 4.99 Å². The smallest absolute Gasteiger partial charge is 0.116 e. The second-order valence-corrected chi connectivity index (χ2v) is 4.89. The molecule has 1 fully saturated rings. The topological polar surface area (TPSA) is 12.4 Å². The van der Waals surface area contributed by atoms with E-state index in [1.165, 1.54) is 5.57 Å². The summed E-state index contributed by atoms with van der Waals surface area (Å²) in [5.74, 6) is 0. The Balaban J connectivity index is 2.98. The molecule has 1 nitrogen and oxygen atoms in total. The standard InChI is InChI=1S/C12H20FN/c1-9(2)8-10(14-5)12(6-7-12)11(3,4)13/h8H,6-7H2,1-5H3/b14-10+. The first-order valence-electron chi connectivity index (χ1n) is 5.14. The van der Waals surface area contributed by atoms with Gasteiger partial charge in [0.2, 0.25) is 0 Å². The molecule has 0 heterocycles. The molecule has 0 saturated heterocycles. The summed E-state index contributed by atoms with van der Waals surface area (Å²) in [6.45, 7) is 7.35. The lowest BCUT2D eigenvalue weighted by Gasteiger charge is -2.27. The maximum atomic E-state index is 14.0. The first kappa shape index (κ1) is 11.4. The third-order valence-electron chi connectivity index (χ3n) is 3.04. The number of nitrogens with zero attached hydrogens (tertiary/aromatic N) is 1. The fourth-order valence-corrected chi connectivity index (χ4v) is 1.97. The van der Waals surface area contributed by atoms with E-state index in [9.17, 15) is 4.39 Å². The Labute approximate surface area is 86.1 Å². The van der Waals surface area contributed by atoms with Crippen LogP contribution in [-0.2, 0) is 0 Å².